The van der Waals surface area contributed by atoms with Crippen LogP contribution in [0.4, 0.5) is 0 Å². The van der Waals surface area contributed by atoms with Crippen LogP contribution in [0.25, 0.3) is 0 Å². The predicted octanol–water partition coefficient (Wildman–Crippen LogP) is 3.42. The van der Waals surface area contributed by atoms with Gasteiger partial charge in [-0.25, -0.2) is 13.1 Å². The maximum Gasteiger partial charge on any atom is 0.240 e. The smallest absolute Gasteiger partial charge is 0.240 e. The lowest BCUT2D eigenvalue weighted by atomic mass is 9.92. The lowest BCUT2D eigenvalue weighted by molar-refractivity contribution is -0.135. The van der Waals surface area contributed by atoms with Gasteiger partial charge in [-0.15, -0.1) is 0 Å². The lowest BCUT2D eigenvalue weighted by Crippen LogP contribution is -2.43. The van der Waals surface area contributed by atoms with Gasteiger partial charge in [0.2, 0.25) is 15.9 Å². The largest absolute Gasteiger partial charge is 0.340 e. The van der Waals surface area contributed by atoms with Crippen molar-refractivity contribution in [3.63, 3.8) is 0 Å². The van der Waals surface area contributed by atoms with Crippen molar-refractivity contribution in [1.29, 1.82) is 0 Å². The second-order valence-corrected chi connectivity index (χ2v) is 9.55. The van der Waals surface area contributed by atoms with E-state index in [1.165, 1.54) is 18.4 Å². The molecule has 0 aromatic heterocycles. The van der Waals surface area contributed by atoms with Gasteiger partial charge in [0.15, 0.2) is 0 Å². The highest BCUT2D eigenvalue weighted by Crippen LogP contribution is 2.24. The fourth-order valence-electron chi connectivity index (χ4n) is 4.30. The molecule has 0 bridgehead atoms. The molecule has 1 saturated heterocycles. The Balaban J connectivity index is 1.50. The fraction of sp³-hybridized carbons (Fsp3) is 0.667. The number of nitrogens with zero attached hydrogens (tertiary/aromatic N) is 1. The van der Waals surface area contributed by atoms with Gasteiger partial charge in [-0.2, -0.15) is 0 Å². The molecule has 150 valence electrons. The number of nitrogens with one attached hydrogen (secondary N) is 1. The number of aryl methyl sites for hydroxylation is 2. The Hall–Kier alpha value is -1.40. The molecule has 6 heteroatoms. The summed E-state index contributed by atoms with van der Waals surface area (Å²) in [5.41, 5.74) is 2.44. The second kappa shape index (κ2) is 9.20. The van der Waals surface area contributed by atoms with Crippen molar-refractivity contribution < 1.29 is 13.2 Å². The van der Waals surface area contributed by atoms with Crippen LogP contribution in [0.1, 0.15) is 69.4 Å². The average Bonchev–Trinajstić information content (AvgIpc) is 2.70. The van der Waals surface area contributed by atoms with E-state index in [2.05, 4.69) is 11.6 Å². The van der Waals surface area contributed by atoms with Crippen molar-refractivity contribution in [2.75, 3.05) is 13.1 Å². The highest BCUT2D eigenvalue weighted by molar-refractivity contribution is 7.89. The van der Waals surface area contributed by atoms with Crippen LogP contribution in [0, 0.1) is 0 Å². The number of piperidine rings is 1. The van der Waals surface area contributed by atoms with Crippen molar-refractivity contribution >= 4 is 15.9 Å². The number of hydrogen-bond donors (Lipinski definition) is 1. The highest BCUT2D eigenvalue weighted by atomic mass is 32.2. The molecule has 27 heavy (non-hydrogen) atoms. The molecule has 1 fully saturated rings. The summed E-state index contributed by atoms with van der Waals surface area (Å²) in [5, 5.41) is 0. The van der Waals surface area contributed by atoms with Crippen LogP contribution < -0.4 is 4.72 Å². The number of amides is 1. The summed E-state index contributed by atoms with van der Waals surface area (Å²) in [4.78, 5) is 14.8. The van der Waals surface area contributed by atoms with Gasteiger partial charge in [-0.1, -0.05) is 13.0 Å². The predicted molar refractivity (Wildman–Crippen MR) is 107 cm³/mol. The van der Waals surface area contributed by atoms with Crippen molar-refractivity contribution in [2.24, 2.45) is 0 Å². The normalized spacial score (nSPS) is 20.3. The second-order valence-electron chi connectivity index (χ2n) is 7.78. The first-order valence-electron chi connectivity index (χ1n) is 10.4. The number of likely N-dealkylation sites (tertiary alicyclic amines) is 1. The van der Waals surface area contributed by atoms with Gasteiger partial charge in [-0.3, -0.25) is 4.79 Å². The molecule has 0 spiro atoms. The van der Waals surface area contributed by atoms with E-state index >= 15 is 0 Å². The Morgan fingerprint density at radius 1 is 1.15 bits per heavy atom. The molecule has 1 atom stereocenters. The molecule has 0 saturated carbocycles. The fourth-order valence-corrected chi connectivity index (χ4v) is 5.43. The number of rotatable bonds is 7. The van der Waals surface area contributed by atoms with Crippen LogP contribution in [0.15, 0.2) is 23.1 Å². The van der Waals surface area contributed by atoms with E-state index in [1.54, 1.807) is 6.07 Å². The van der Waals surface area contributed by atoms with Gasteiger partial charge < -0.3 is 4.90 Å². The third kappa shape index (κ3) is 5.11. The van der Waals surface area contributed by atoms with Crippen molar-refractivity contribution in [3.8, 4) is 0 Å². The molecule has 1 aromatic rings. The maximum atomic E-state index is 12.6. The summed E-state index contributed by atoms with van der Waals surface area (Å²) in [5.74, 6) is 0.162. The van der Waals surface area contributed by atoms with Crippen molar-refractivity contribution in [2.45, 2.75) is 82.1 Å². The molecule has 0 radical (unpaired) electrons. The Bertz CT molecular complexity index is 761. The van der Waals surface area contributed by atoms with Crippen LogP contribution >= 0.6 is 0 Å². The monoisotopic (exact) mass is 392 g/mol. The number of fused-ring (bicyclic) bond motifs is 1. The Labute approximate surface area is 163 Å². The van der Waals surface area contributed by atoms with E-state index in [0.717, 1.165) is 50.6 Å². The SMILES string of the molecule is CCC1CCCCN1C(=O)CCCNS(=O)(=O)c1ccc2c(c1)CCCC2. The Kier molecular flexibility index (Phi) is 6.93. The van der Waals surface area contributed by atoms with Gasteiger partial charge >= 0.3 is 0 Å². The summed E-state index contributed by atoms with van der Waals surface area (Å²) >= 11 is 0. The number of hydrogen-bond acceptors (Lipinski definition) is 3. The first kappa shape index (κ1) is 20.3. The standard InChI is InChI=1S/C21H32N2O3S/c1-2-19-10-5-6-15-23(19)21(24)11-7-14-22-27(25,26)20-13-12-17-8-3-4-9-18(17)16-20/h12-13,16,19,22H,2-11,14-15H2,1H3. The van der Waals surface area contributed by atoms with Crippen LogP contribution in [-0.2, 0) is 27.7 Å². The van der Waals surface area contributed by atoms with Crippen molar-refractivity contribution in [1.82, 2.24) is 9.62 Å². The summed E-state index contributed by atoms with van der Waals surface area (Å²) in [6.07, 6.45) is 9.61. The zero-order chi connectivity index (χ0) is 19.3. The molecular formula is C21H32N2O3S. The van der Waals surface area contributed by atoms with Gasteiger partial charge in [0.25, 0.3) is 0 Å². The third-order valence-electron chi connectivity index (χ3n) is 5.91. The highest BCUT2D eigenvalue weighted by Gasteiger charge is 2.25. The minimum atomic E-state index is -3.51. The van der Waals surface area contributed by atoms with Crippen LogP contribution in [0.5, 0.6) is 0 Å². The molecular weight excluding hydrogens is 360 g/mol. The molecule has 1 N–H and O–H groups in total. The summed E-state index contributed by atoms with van der Waals surface area (Å²) < 4.78 is 27.8. The van der Waals surface area contributed by atoms with Crippen molar-refractivity contribution in [3.05, 3.63) is 29.3 Å². The first-order valence-corrected chi connectivity index (χ1v) is 11.9. The number of carbonyl (C=O) groups is 1. The van der Waals surface area contributed by atoms with Crippen LogP contribution in [-0.4, -0.2) is 38.4 Å². The third-order valence-corrected chi connectivity index (χ3v) is 7.37. The van der Waals surface area contributed by atoms with Gasteiger partial charge in [-0.05, 0) is 81.0 Å². The summed E-state index contributed by atoms with van der Waals surface area (Å²) in [7, 11) is -3.51. The van der Waals surface area contributed by atoms with E-state index in [1.807, 2.05) is 17.0 Å². The topological polar surface area (TPSA) is 66.5 Å². The van der Waals surface area contributed by atoms with Crippen LogP contribution in [0.3, 0.4) is 0 Å². The molecule has 2 aliphatic rings. The Morgan fingerprint density at radius 2 is 1.93 bits per heavy atom. The van der Waals surface area contributed by atoms with E-state index in [4.69, 9.17) is 0 Å². The summed E-state index contributed by atoms with van der Waals surface area (Å²) in [6.45, 7) is 3.27. The molecule has 1 amide bonds. The van der Waals surface area contributed by atoms with Crippen LogP contribution in [0.2, 0.25) is 0 Å². The molecule has 1 aromatic carbocycles. The van der Waals surface area contributed by atoms with E-state index in [9.17, 15) is 13.2 Å². The molecule has 1 heterocycles. The van der Waals surface area contributed by atoms with E-state index in [-0.39, 0.29) is 5.91 Å². The Morgan fingerprint density at radius 3 is 2.70 bits per heavy atom. The summed E-state index contributed by atoms with van der Waals surface area (Å²) in [6, 6.07) is 5.84. The first-order chi connectivity index (χ1) is 13.0. The molecule has 1 aliphatic carbocycles. The lowest BCUT2D eigenvalue weighted by Gasteiger charge is -2.35. The molecule has 5 nitrogen and oxygen atoms in total. The van der Waals surface area contributed by atoms with Gasteiger partial charge in [0.05, 0.1) is 4.90 Å². The van der Waals surface area contributed by atoms with Gasteiger partial charge in [0.1, 0.15) is 0 Å². The molecule has 3 rings (SSSR count). The molecule has 1 aliphatic heterocycles. The average molecular weight is 393 g/mol. The zero-order valence-electron chi connectivity index (χ0n) is 16.4. The van der Waals surface area contributed by atoms with E-state index in [0.29, 0.717) is 30.3 Å². The minimum absolute atomic E-state index is 0.162. The number of carbonyl (C=O) groups excluding carboxylic acids is 1. The maximum absolute atomic E-state index is 12.6. The number of benzene rings is 1. The minimum Gasteiger partial charge on any atom is -0.340 e. The molecule has 1 unspecified atom stereocenters. The van der Waals surface area contributed by atoms with Gasteiger partial charge in [0, 0.05) is 25.6 Å². The number of sulfonamides is 1. The van der Waals surface area contributed by atoms with E-state index < -0.39 is 10.0 Å². The zero-order valence-corrected chi connectivity index (χ0v) is 17.2. The quantitative estimate of drug-likeness (QED) is 0.723.